The standard InChI is InChI=1S/C14H20N4O3/c19-9-12(14(21)17-10-4-2-1-3-5-10)18-13(20)11-8-15-6-7-16-11/h6-8,10,12,19H,1-5,9H2,(H,17,21)(H,18,20). The van der Waals surface area contributed by atoms with Crippen molar-refractivity contribution in [3.8, 4) is 0 Å². The van der Waals surface area contributed by atoms with Crippen LogP contribution in [0.1, 0.15) is 42.6 Å². The third-order valence-corrected chi connectivity index (χ3v) is 3.55. The molecule has 2 amide bonds. The molecule has 1 aromatic heterocycles. The van der Waals surface area contributed by atoms with Crippen molar-refractivity contribution in [1.29, 1.82) is 0 Å². The topological polar surface area (TPSA) is 104 Å². The molecule has 0 bridgehead atoms. The summed E-state index contributed by atoms with van der Waals surface area (Å²) in [5.74, 6) is -0.886. The zero-order chi connectivity index (χ0) is 15.1. The summed E-state index contributed by atoms with van der Waals surface area (Å²) in [5, 5.41) is 14.7. The molecule has 1 aliphatic rings. The number of carbonyl (C=O) groups is 2. The van der Waals surface area contributed by atoms with Crippen molar-refractivity contribution in [2.24, 2.45) is 0 Å². The fraction of sp³-hybridized carbons (Fsp3) is 0.571. The van der Waals surface area contributed by atoms with Crippen molar-refractivity contribution in [1.82, 2.24) is 20.6 Å². The maximum atomic E-state index is 12.1. The average molecular weight is 292 g/mol. The Hall–Kier alpha value is -2.02. The molecule has 1 atom stereocenters. The molecular formula is C14H20N4O3. The molecule has 0 spiro atoms. The van der Waals surface area contributed by atoms with Crippen LogP contribution in [0.2, 0.25) is 0 Å². The van der Waals surface area contributed by atoms with Crippen molar-refractivity contribution in [3.05, 3.63) is 24.3 Å². The van der Waals surface area contributed by atoms with E-state index in [9.17, 15) is 14.7 Å². The maximum absolute atomic E-state index is 12.1. The van der Waals surface area contributed by atoms with Gasteiger partial charge in [-0.3, -0.25) is 14.6 Å². The van der Waals surface area contributed by atoms with Crippen molar-refractivity contribution < 1.29 is 14.7 Å². The Kier molecular flexibility index (Phi) is 5.62. The summed E-state index contributed by atoms with van der Waals surface area (Å²) in [5.41, 5.74) is 0.112. The van der Waals surface area contributed by atoms with Crippen LogP contribution in [0, 0.1) is 0 Å². The lowest BCUT2D eigenvalue weighted by Crippen LogP contribution is -2.51. The second-order valence-electron chi connectivity index (χ2n) is 5.14. The number of carbonyl (C=O) groups excluding carboxylic acids is 2. The minimum atomic E-state index is -0.971. The zero-order valence-electron chi connectivity index (χ0n) is 11.8. The van der Waals surface area contributed by atoms with Gasteiger partial charge in [-0.2, -0.15) is 0 Å². The monoisotopic (exact) mass is 292 g/mol. The first-order valence-electron chi connectivity index (χ1n) is 7.19. The molecule has 7 heteroatoms. The van der Waals surface area contributed by atoms with Gasteiger partial charge in [-0.15, -0.1) is 0 Å². The molecule has 1 aromatic rings. The first-order chi connectivity index (χ1) is 10.2. The fourth-order valence-corrected chi connectivity index (χ4v) is 2.39. The number of hydrogen-bond donors (Lipinski definition) is 3. The van der Waals surface area contributed by atoms with Crippen molar-refractivity contribution in [2.45, 2.75) is 44.2 Å². The van der Waals surface area contributed by atoms with Gasteiger partial charge in [-0.1, -0.05) is 19.3 Å². The lowest BCUT2D eigenvalue weighted by molar-refractivity contribution is -0.124. The molecule has 114 valence electrons. The van der Waals surface area contributed by atoms with E-state index in [0.717, 1.165) is 25.7 Å². The SMILES string of the molecule is O=C(NC(CO)C(=O)NC1CCCCC1)c1cnccn1. The average Bonchev–Trinajstić information content (AvgIpc) is 2.54. The summed E-state index contributed by atoms with van der Waals surface area (Å²) in [6.07, 6.45) is 9.44. The van der Waals surface area contributed by atoms with Gasteiger partial charge in [0.05, 0.1) is 12.8 Å². The predicted octanol–water partition coefficient (Wildman–Crippen LogP) is 0.0162. The van der Waals surface area contributed by atoms with Gasteiger partial charge < -0.3 is 15.7 Å². The van der Waals surface area contributed by atoms with Crippen LogP contribution in [0.3, 0.4) is 0 Å². The number of amides is 2. The summed E-state index contributed by atoms with van der Waals surface area (Å²) in [6.45, 7) is -0.454. The first-order valence-corrected chi connectivity index (χ1v) is 7.19. The van der Waals surface area contributed by atoms with Gasteiger partial charge in [0.1, 0.15) is 11.7 Å². The van der Waals surface area contributed by atoms with Crippen LogP contribution < -0.4 is 10.6 Å². The third kappa shape index (κ3) is 4.49. The Morgan fingerprint density at radius 2 is 2.05 bits per heavy atom. The molecule has 21 heavy (non-hydrogen) atoms. The van der Waals surface area contributed by atoms with Gasteiger partial charge in [0.25, 0.3) is 5.91 Å². The van der Waals surface area contributed by atoms with Gasteiger partial charge in [-0.05, 0) is 12.8 Å². The molecule has 7 nitrogen and oxygen atoms in total. The van der Waals surface area contributed by atoms with E-state index in [1.807, 2.05) is 0 Å². The quantitative estimate of drug-likeness (QED) is 0.709. The molecule has 3 N–H and O–H groups in total. The van der Waals surface area contributed by atoms with E-state index in [-0.39, 0.29) is 17.6 Å². The summed E-state index contributed by atoms with van der Waals surface area (Å²) in [4.78, 5) is 31.6. The molecule has 1 heterocycles. The van der Waals surface area contributed by atoms with Crippen LogP contribution in [0.15, 0.2) is 18.6 Å². The van der Waals surface area contributed by atoms with Crippen molar-refractivity contribution in [3.63, 3.8) is 0 Å². The van der Waals surface area contributed by atoms with E-state index in [2.05, 4.69) is 20.6 Å². The lowest BCUT2D eigenvalue weighted by atomic mass is 9.95. The first kappa shape index (κ1) is 15.4. The summed E-state index contributed by atoms with van der Waals surface area (Å²) >= 11 is 0. The molecule has 1 saturated carbocycles. The van der Waals surface area contributed by atoms with Crippen LogP contribution >= 0.6 is 0 Å². The maximum Gasteiger partial charge on any atom is 0.272 e. The fourth-order valence-electron chi connectivity index (χ4n) is 2.39. The number of aliphatic hydroxyl groups is 1. The predicted molar refractivity (Wildman–Crippen MR) is 75.4 cm³/mol. The van der Waals surface area contributed by atoms with E-state index in [0.29, 0.717) is 0 Å². The molecule has 2 rings (SSSR count). The van der Waals surface area contributed by atoms with E-state index >= 15 is 0 Å². The highest BCUT2D eigenvalue weighted by atomic mass is 16.3. The number of aromatic nitrogens is 2. The molecule has 0 aliphatic heterocycles. The molecular weight excluding hydrogens is 272 g/mol. The molecule has 0 aromatic carbocycles. The van der Waals surface area contributed by atoms with Gasteiger partial charge in [0, 0.05) is 18.4 Å². The molecule has 0 saturated heterocycles. The van der Waals surface area contributed by atoms with Crippen LogP contribution in [-0.2, 0) is 4.79 Å². The minimum Gasteiger partial charge on any atom is -0.394 e. The molecule has 1 fully saturated rings. The number of nitrogens with zero attached hydrogens (tertiary/aromatic N) is 2. The Labute approximate surface area is 123 Å². The van der Waals surface area contributed by atoms with Crippen molar-refractivity contribution >= 4 is 11.8 Å². The number of aliphatic hydroxyl groups excluding tert-OH is 1. The van der Waals surface area contributed by atoms with E-state index in [4.69, 9.17) is 0 Å². The van der Waals surface area contributed by atoms with Crippen LogP contribution in [0.25, 0.3) is 0 Å². The van der Waals surface area contributed by atoms with Gasteiger partial charge >= 0.3 is 0 Å². The second-order valence-corrected chi connectivity index (χ2v) is 5.14. The normalized spacial score (nSPS) is 17.0. The lowest BCUT2D eigenvalue weighted by Gasteiger charge is -2.25. The summed E-state index contributed by atoms with van der Waals surface area (Å²) in [6, 6.07) is -0.838. The highest BCUT2D eigenvalue weighted by Gasteiger charge is 2.24. The van der Waals surface area contributed by atoms with Crippen molar-refractivity contribution in [2.75, 3.05) is 6.61 Å². The van der Waals surface area contributed by atoms with Crippen LogP contribution in [-0.4, -0.2) is 45.6 Å². The largest absolute Gasteiger partial charge is 0.394 e. The summed E-state index contributed by atoms with van der Waals surface area (Å²) < 4.78 is 0. The van der Waals surface area contributed by atoms with E-state index in [1.54, 1.807) is 0 Å². The smallest absolute Gasteiger partial charge is 0.272 e. The van der Waals surface area contributed by atoms with Crippen LogP contribution in [0.5, 0.6) is 0 Å². The molecule has 1 unspecified atom stereocenters. The number of rotatable bonds is 5. The van der Waals surface area contributed by atoms with Gasteiger partial charge in [0.2, 0.25) is 5.91 Å². The minimum absolute atomic E-state index is 0.112. The second kappa shape index (κ2) is 7.68. The highest BCUT2D eigenvalue weighted by molar-refractivity contribution is 5.95. The van der Waals surface area contributed by atoms with E-state index in [1.165, 1.54) is 25.0 Å². The Bertz CT molecular complexity index is 474. The molecule has 1 aliphatic carbocycles. The Morgan fingerprint density at radius 3 is 2.67 bits per heavy atom. The Balaban J connectivity index is 1.89. The zero-order valence-corrected chi connectivity index (χ0v) is 11.8. The van der Waals surface area contributed by atoms with Gasteiger partial charge in [0.15, 0.2) is 0 Å². The summed E-state index contributed by atoms with van der Waals surface area (Å²) in [7, 11) is 0. The van der Waals surface area contributed by atoms with E-state index < -0.39 is 18.6 Å². The third-order valence-electron chi connectivity index (χ3n) is 3.55. The highest BCUT2D eigenvalue weighted by Crippen LogP contribution is 2.17. The molecule has 0 radical (unpaired) electrons. The van der Waals surface area contributed by atoms with Crippen LogP contribution in [0.4, 0.5) is 0 Å². The number of nitrogens with one attached hydrogen (secondary N) is 2. The number of hydrogen-bond acceptors (Lipinski definition) is 5. The Morgan fingerprint density at radius 1 is 1.29 bits per heavy atom. The van der Waals surface area contributed by atoms with Gasteiger partial charge in [-0.25, -0.2) is 4.98 Å².